The third kappa shape index (κ3) is 5.90. The average molecular weight is 384 g/mol. The van der Waals surface area contributed by atoms with Crippen molar-refractivity contribution in [3.8, 4) is 0 Å². The minimum absolute atomic E-state index is 0.106. The van der Waals surface area contributed by atoms with Gasteiger partial charge in [-0.2, -0.15) is 0 Å². The molecule has 0 saturated carbocycles. The van der Waals surface area contributed by atoms with Crippen LogP contribution in [-0.2, 0) is 23.9 Å². The van der Waals surface area contributed by atoms with E-state index >= 15 is 0 Å². The van der Waals surface area contributed by atoms with Gasteiger partial charge in [0, 0.05) is 11.5 Å². The summed E-state index contributed by atoms with van der Waals surface area (Å²) in [7, 11) is 1.26. The molecule has 2 atom stereocenters. The van der Waals surface area contributed by atoms with Crippen molar-refractivity contribution >= 4 is 34.8 Å². The fourth-order valence-electron chi connectivity index (χ4n) is 2.52. The molecule has 0 aliphatic heterocycles. The van der Waals surface area contributed by atoms with Gasteiger partial charge in [-0.15, -0.1) is 0 Å². The number of para-hydroxylation sites is 1. The molecule has 2 rings (SSSR count). The van der Waals surface area contributed by atoms with E-state index in [2.05, 4.69) is 10.3 Å². The molecule has 0 saturated heterocycles. The number of nitrogens with zero attached hydrogens (tertiary/aromatic N) is 1. The Morgan fingerprint density at radius 3 is 2.64 bits per heavy atom. The van der Waals surface area contributed by atoms with E-state index in [0.717, 1.165) is 10.9 Å². The highest BCUT2D eigenvalue weighted by Gasteiger charge is 2.26. The van der Waals surface area contributed by atoms with Crippen LogP contribution in [0, 0.1) is 5.92 Å². The van der Waals surface area contributed by atoms with Gasteiger partial charge in [0.1, 0.15) is 6.04 Å². The number of hydrogen-bond donors (Lipinski definition) is 1. The number of carbonyl (C=O) groups excluding carboxylic acids is 3. The second kappa shape index (κ2) is 10.2. The topological polar surface area (TPSA) is 94.6 Å². The van der Waals surface area contributed by atoms with Crippen molar-refractivity contribution in [2.45, 2.75) is 26.3 Å². The Hall–Kier alpha value is -3.22. The summed E-state index contributed by atoms with van der Waals surface area (Å²) in [6, 6.07) is 10.5. The van der Waals surface area contributed by atoms with E-state index < -0.39 is 30.5 Å². The first-order valence-corrected chi connectivity index (χ1v) is 9.02. The summed E-state index contributed by atoms with van der Waals surface area (Å²) >= 11 is 0. The Balaban J connectivity index is 1.88. The fraction of sp³-hybridized carbons (Fsp3) is 0.333. The summed E-state index contributed by atoms with van der Waals surface area (Å²) < 4.78 is 9.62. The third-order valence-electron chi connectivity index (χ3n) is 4.34. The average Bonchev–Trinajstić information content (AvgIpc) is 2.73. The Morgan fingerprint density at radius 2 is 1.93 bits per heavy atom. The molecule has 0 aliphatic carbocycles. The lowest BCUT2D eigenvalue weighted by molar-refractivity contribution is -0.148. The number of hydrogen-bond acceptors (Lipinski definition) is 6. The maximum Gasteiger partial charge on any atom is 0.331 e. The lowest BCUT2D eigenvalue weighted by atomic mass is 9.99. The molecule has 7 nitrogen and oxygen atoms in total. The molecule has 1 N–H and O–H groups in total. The Kier molecular flexibility index (Phi) is 7.68. The van der Waals surface area contributed by atoms with E-state index in [1.54, 1.807) is 6.07 Å². The van der Waals surface area contributed by atoms with Crippen molar-refractivity contribution in [1.29, 1.82) is 0 Å². The van der Waals surface area contributed by atoms with Gasteiger partial charge < -0.3 is 14.8 Å². The summed E-state index contributed by atoms with van der Waals surface area (Å²) in [6.07, 6.45) is 3.40. The molecule has 0 spiro atoms. The first kappa shape index (κ1) is 21.1. The molecule has 1 amide bonds. The molecule has 0 radical (unpaired) electrons. The van der Waals surface area contributed by atoms with Crippen LogP contribution in [0.1, 0.15) is 26.0 Å². The lowest BCUT2D eigenvalue weighted by Crippen LogP contribution is -2.47. The predicted octanol–water partition coefficient (Wildman–Crippen LogP) is 2.50. The Bertz CT molecular complexity index is 878. The lowest BCUT2D eigenvalue weighted by Gasteiger charge is -2.21. The van der Waals surface area contributed by atoms with Gasteiger partial charge in [-0.3, -0.25) is 4.79 Å². The molecule has 0 unspecified atom stereocenters. The van der Waals surface area contributed by atoms with E-state index in [-0.39, 0.29) is 5.92 Å². The smallest absolute Gasteiger partial charge is 0.331 e. The third-order valence-corrected chi connectivity index (χ3v) is 4.34. The van der Waals surface area contributed by atoms with Crippen LogP contribution >= 0.6 is 0 Å². The first-order valence-electron chi connectivity index (χ1n) is 9.02. The van der Waals surface area contributed by atoms with Gasteiger partial charge in [-0.25, -0.2) is 14.6 Å². The minimum atomic E-state index is -0.779. The SMILES string of the molecule is CC[C@H](C)[C@H](NC(=O)COC(=O)/C=C/c1ccc2ccccc2n1)C(=O)OC. The number of nitrogens with one attached hydrogen (secondary N) is 1. The summed E-state index contributed by atoms with van der Waals surface area (Å²) in [5, 5.41) is 3.54. The summed E-state index contributed by atoms with van der Waals surface area (Å²) in [6.45, 7) is 3.24. The van der Waals surface area contributed by atoms with Crippen molar-refractivity contribution in [2.24, 2.45) is 5.92 Å². The number of methoxy groups -OCH3 is 1. The maximum atomic E-state index is 12.0. The molecule has 0 aliphatic rings. The van der Waals surface area contributed by atoms with Crippen LogP contribution in [0.15, 0.2) is 42.5 Å². The van der Waals surface area contributed by atoms with E-state index in [0.29, 0.717) is 12.1 Å². The van der Waals surface area contributed by atoms with E-state index in [1.165, 1.54) is 19.3 Å². The molecule has 28 heavy (non-hydrogen) atoms. The van der Waals surface area contributed by atoms with Crippen LogP contribution < -0.4 is 5.32 Å². The zero-order valence-corrected chi connectivity index (χ0v) is 16.2. The number of rotatable bonds is 8. The normalized spacial score (nSPS) is 13.1. The Labute approximate surface area is 163 Å². The molecule has 1 heterocycles. The van der Waals surface area contributed by atoms with Gasteiger partial charge in [0.25, 0.3) is 5.91 Å². The summed E-state index contributed by atoms with van der Waals surface area (Å²) in [5.41, 5.74) is 1.42. The number of pyridine rings is 1. The van der Waals surface area contributed by atoms with E-state index in [4.69, 9.17) is 9.47 Å². The molecule has 1 aromatic heterocycles. The van der Waals surface area contributed by atoms with Crippen molar-refractivity contribution in [1.82, 2.24) is 10.3 Å². The zero-order valence-electron chi connectivity index (χ0n) is 16.2. The van der Waals surface area contributed by atoms with Gasteiger partial charge >= 0.3 is 11.9 Å². The first-order chi connectivity index (χ1) is 13.4. The number of fused-ring (bicyclic) bond motifs is 1. The second-order valence-corrected chi connectivity index (χ2v) is 6.32. The van der Waals surface area contributed by atoms with Crippen LogP contribution in [0.25, 0.3) is 17.0 Å². The summed E-state index contributed by atoms with van der Waals surface area (Å²) in [4.78, 5) is 40.0. The van der Waals surface area contributed by atoms with Crippen LogP contribution in [-0.4, -0.2) is 42.6 Å². The number of esters is 2. The number of benzene rings is 1. The standard InChI is InChI=1S/C21H24N2O5/c1-4-14(2)20(21(26)27-3)23-18(24)13-28-19(25)12-11-16-10-9-15-7-5-6-8-17(15)22-16/h5-12,14,20H,4,13H2,1-3H3,(H,23,24)/b12-11+/t14-,20-/m0/s1. The van der Waals surface area contributed by atoms with Gasteiger partial charge in [-0.05, 0) is 24.1 Å². The highest BCUT2D eigenvalue weighted by molar-refractivity contribution is 5.90. The second-order valence-electron chi connectivity index (χ2n) is 6.32. The predicted molar refractivity (Wildman–Crippen MR) is 105 cm³/mol. The summed E-state index contributed by atoms with van der Waals surface area (Å²) in [5.74, 6) is -1.88. The largest absolute Gasteiger partial charge is 0.467 e. The number of amides is 1. The molecular formula is C21H24N2O5. The molecule has 1 aromatic carbocycles. The monoisotopic (exact) mass is 384 g/mol. The van der Waals surface area contributed by atoms with Crippen molar-refractivity contribution in [3.05, 3.63) is 48.2 Å². The van der Waals surface area contributed by atoms with Gasteiger partial charge in [0.15, 0.2) is 6.61 Å². The molecule has 0 fully saturated rings. The van der Waals surface area contributed by atoms with Crippen LogP contribution in [0.3, 0.4) is 0 Å². The number of carbonyl (C=O) groups is 3. The molecule has 7 heteroatoms. The van der Waals surface area contributed by atoms with Crippen LogP contribution in [0.4, 0.5) is 0 Å². The van der Waals surface area contributed by atoms with Crippen LogP contribution in [0.5, 0.6) is 0 Å². The van der Waals surface area contributed by atoms with Gasteiger partial charge in [-0.1, -0.05) is 44.5 Å². The van der Waals surface area contributed by atoms with E-state index in [9.17, 15) is 14.4 Å². The molecular weight excluding hydrogens is 360 g/mol. The van der Waals surface area contributed by atoms with Gasteiger partial charge in [0.2, 0.25) is 0 Å². The number of ether oxygens (including phenoxy) is 2. The van der Waals surface area contributed by atoms with Crippen molar-refractivity contribution in [3.63, 3.8) is 0 Å². The fourth-order valence-corrected chi connectivity index (χ4v) is 2.52. The van der Waals surface area contributed by atoms with Crippen LogP contribution in [0.2, 0.25) is 0 Å². The maximum absolute atomic E-state index is 12.0. The zero-order chi connectivity index (χ0) is 20.5. The van der Waals surface area contributed by atoms with Gasteiger partial charge in [0.05, 0.1) is 18.3 Å². The Morgan fingerprint density at radius 1 is 1.18 bits per heavy atom. The molecule has 148 valence electrons. The van der Waals surface area contributed by atoms with E-state index in [1.807, 2.05) is 44.2 Å². The molecule has 2 aromatic rings. The van der Waals surface area contributed by atoms with Crippen molar-refractivity contribution in [2.75, 3.05) is 13.7 Å². The highest BCUT2D eigenvalue weighted by atomic mass is 16.5. The minimum Gasteiger partial charge on any atom is -0.467 e. The highest BCUT2D eigenvalue weighted by Crippen LogP contribution is 2.12. The quantitative estimate of drug-likeness (QED) is 0.555. The molecule has 0 bridgehead atoms. The van der Waals surface area contributed by atoms with Crippen molar-refractivity contribution < 1.29 is 23.9 Å². The number of aromatic nitrogens is 1.